The second-order valence-electron chi connectivity index (χ2n) is 3.93. The molecular formula is C12H13NO4. The molecule has 1 aromatic carbocycles. The van der Waals surface area contributed by atoms with Crippen molar-refractivity contribution in [3.63, 3.8) is 0 Å². The van der Waals surface area contributed by atoms with Crippen molar-refractivity contribution in [2.45, 2.75) is 18.8 Å². The number of hydrogen-bond acceptors (Lipinski definition) is 4. The quantitative estimate of drug-likeness (QED) is 0.747. The summed E-state index contributed by atoms with van der Waals surface area (Å²) in [4.78, 5) is 22.7. The van der Waals surface area contributed by atoms with Crippen LogP contribution in [0.1, 0.15) is 24.3 Å². The van der Waals surface area contributed by atoms with Gasteiger partial charge >= 0.3 is 0 Å². The molecule has 0 saturated carbocycles. The number of carbonyl (C=O) groups excluding carboxylic acids is 2. The summed E-state index contributed by atoms with van der Waals surface area (Å²) in [5.41, 5.74) is 0.495. The molecule has 1 atom stereocenters. The molecule has 1 aliphatic heterocycles. The van der Waals surface area contributed by atoms with Crippen molar-refractivity contribution >= 4 is 11.8 Å². The maximum atomic E-state index is 11.7. The predicted octanol–water partition coefficient (Wildman–Crippen LogP) is 0.921. The second-order valence-corrected chi connectivity index (χ2v) is 3.93. The van der Waals surface area contributed by atoms with E-state index in [2.05, 4.69) is 5.32 Å². The zero-order valence-electron chi connectivity index (χ0n) is 9.40. The van der Waals surface area contributed by atoms with Crippen molar-refractivity contribution in [2.75, 3.05) is 7.11 Å². The third kappa shape index (κ3) is 2.22. The van der Waals surface area contributed by atoms with Crippen molar-refractivity contribution in [1.29, 1.82) is 0 Å². The zero-order valence-corrected chi connectivity index (χ0v) is 9.40. The van der Waals surface area contributed by atoms with E-state index in [-0.39, 0.29) is 24.0 Å². The smallest absolute Gasteiger partial charge is 0.234 e. The third-order valence-corrected chi connectivity index (χ3v) is 2.85. The van der Waals surface area contributed by atoms with Crippen molar-refractivity contribution < 1.29 is 19.4 Å². The first-order chi connectivity index (χ1) is 8.11. The third-order valence-electron chi connectivity index (χ3n) is 2.85. The highest BCUT2D eigenvalue weighted by Gasteiger charge is 2.29. The highest BCUT2D eigenvalue weighted by atomic mass is 16.5. The molecule has 1 heterocycles. The van der Waals surface area contributed by atoms with E-state index in [0.717, 1.165) is 0 Å². The highest BCUT2D eigenvalue weighted by molar-refractivity contribution is 6.01. The Kier molecular flexibility index (Phi) is 2.99. The number of methoxy groups -OCH3 is 1. The number of imide groups is 1. The van der Waals surface area contributed by atoms with E-state index >= 15 is 0 Å². The van der Waals surface area contributed by atoms with Crippen molar-refractivity contribution in [3.8, 4) is 11.5 Å². The molecule has 1 aromatic rings. The molecule has 2 amide bonds. The molecule has 0 bridgehead atoms. The lowest BCUT2D eigenvalue weighted by Gasteiger charge is -2.22. The summed E-state index contributed by atoms with van der Waals surface area (Å²) in [6, 6.07) is 4.72. The second kappa shape index (κ2) is 4.45. The number of piperidine rings is 1. The van der Waals surface area contributed by atoms with E-state index in [1.165, 1.54) is 13.2 Å². The number of carbonyl (C=O) groups is 2. The number of phenolic OH excluding ortho intramolecular Hbond substituents is 1. The average Bonchev–Trinajstić information content (AvgIpc) is 2.30. The first-order valence-corrected chi connectivity index (χ1v) is 5.32. The summed E-state index contributed by atoms with van der Waals surface area (Å²) in [7, 11) is 1.51. The molecule has 0 spiro atoms. The fourth-order valence-electron chi connectivity index (χ4n) is 1.93. The topological polar surface area (TPSA) is 75.6 Å². The van der Waals surface area contributed by atoms with E-state index in [1.807, 2.05) is 0 Å². The molecule has 0 radical (unpaired) electrons. The summed E-state index contributed by atoms with van der Waals surface area (Å²) in [6.45, 7) is 0. The van der Waals surface area contributed by atoms with Gasteiger partial charge in [0.1, 0.15) is 11.5 Å². The Morgan fingerprint density at radius 2 is 2.18 bits per heavy atom. The minimum Gasteiger partial charge on any atom is -0.508 e. The van der Waals surface area contributed by atoms with Gasteiger partial charge in [0.2, 0.25) is 11.8 Å². The Balaban J connectivity index is 2.33. The minimum atomic E-state index is -0.497. The van der Waals surface area contributed by atoms with Crippen LogP contribution in [0.15, 0.2) is 18.2 Å². The molecule has 17 heavy (non-hydrogen) atoms. The lowest BCUT2D eigenvalue weighted by molar-refractivity contribution is -0.134. The Morgan fingerprint density at radius 3 is 2.82 bits per heavy atom. The van der Waals surface area contributed by atoms with E-state index < -0.39 is 5.92 Å². The summed E-state index contributed by atoms with van der Waals surface area (Å²) >= 11 is 0. The van der Waals surface area contributed by atoms with Gasteiger partial charge in [0.05, 0.1) is 13.0 Å². The van der Waals surface area contributed by atoms with E-state index in [0.29, 0.717) is 17.7 Å². The molecule has 1 saturated heterocycles. The monoisotopic (exact) mass is 235 g/mol. The molecular weight excluding hydrogens is 222 g/mol. The zero-order chi connectivity index (χ0) is 12.4. The Hall–Kier alpha value is -2.04. The van der Waals surface area contributed by atoms with Gasteiger partial charge in [-0.25, -0.2) is 0 Å². The Bertz CT molecular complexity index is 470. The lowest BCUT2D eigenvalue weighted by atomic mass is 9.90. The fourth-order valence-corrected chi connectivity index (χ4v) is 1.93. The molecule has 5 nitrogen and oxygen atoms in total. The number of rotatable bonds is 2. The van der Waals surface area contributed by atoms with Gasteiger partial charge < -0.3 is 9.84 Å². The van der Waals surface area contributed by atoms with E-state index in [9.17, 15) is 14.7 Å². The van der Waals surface area contributed by atoms with Crippen molar-refractivity contribution in [2.24, 2.45) is 0 Å². The maximum Gasteiger partial charge on any atom is 0.234 e. The molecule has 90 valence electrons. The molecule has 2 N–H and O–H groups in total. The van der Waals surface area contributed by atoms with Crippen LogP contribution in [0.2, 0.25) is 0 Å². The predicted molar refractivity (Wildman–Crippen MR) is 59.8 cm³/mol. The van der Waals surface area contributed by atoms with E-state index in [4.69, 9.17) is 4.74 Å². The van der Waals surface area contributed by atoms with Gasteiger partial charge in [0.25, 0.3) is 0 Å². The first-order valence-electron chi connectivity index (χ1n) is 5.32. The number of amides is 2. The average molecular weight is 235 g/mol. The number of nitrogens with one attached hydrogen (secondary N) is 1. The van der Waals surface area contributed by atoms with Crippen LogP contribution in [-0.4, -0.2) is 24.0 Å². The normalized spacial score (nSPS) is 19.9. The number of benzene rings is 1. The largest absolute Gasteiger partial charge is 0.508 e. The summed E-state index contributed by atoms with van der Waals surface area (Å²) in [5.74, 6) is -0.524. The number of phenols is 1. The van der Waals surface area contributed by atoms with Gasteiger partial charge in [0.15, 0.2) is 0 Å². The maximum absolute atomic E-state index is 11.7. The fraction of sp³-hybridized carbons (Fsp3) is 0.333. The van der Waals surface area contributed by atoms with Crippen molar-refractivity contribution in [1.82, 2.24) is 5.32 Å². The SMILES string of the molecule is COc1ccc(O)c(C2CCC(=O)NC2=O)c1. The molecule has 2 rings (SSSR count). The summed E-state index contributed by atoms with van der Waals surface area (Å²) < 4.78 is 5.05. The molecule has 1 fully saturated rings. The number of ether oxygens (including phenoxy) is 1. The van der Waals surface area contributed by atoms with Crippen LogP contribution in [0.3, 0.4) is 0 Å². The van der Waals surface area contributed by atoms with Crippen LogP contribution < -0.4 is 10.1 Å². The van der Waals surface area contributed by atoms with Crippen LogP contribution in [-0.2, 0) is 9.59 Å². The van der Waals surface area contributed by atoms with Crippen LogP contribution in [0, 0.1) is 0 Å². The number of hydrogen-bond donors (Lipinski definition) is 2. The van der Waals surface area contributed by atoms with Crippen LogP contribution >= 0.6 is 0 Å². The Labute approximate surface area is 98.4 Å². The summed E-state index contributed by atoms with van der Waals surface area (Å²) in [6.07, 6.45) is 0.693. The van der Waals surface area contributed by atoms with Gasteiger partial charge in [-0.3, -0.25) is 14.9 Å². The molecule has 5 heteroatoms. The first kappa shape index (κ1) is 11.4. The number of aromatic hydroxyl groups is 1. The lowest BCUT2D eigenvalue weighted by Crippen LogP contribution is -2.39. The van der Waals surface area contributed by atoms with Crippen LogP contribution in [0.25, 0.3) is 0 Å². The molecule has 0 aliphatic carbocycles. The summed E-state index contributed by atoms with van der Waals surface area (Å²) in [5, 5.41) is 12.0. The molecule has 1 aliphatic rings. The minimum absolute atomic E-state index is 0.0419. The molecule has 0 aromatic heterocycles. The Morgan fingerprint density at radius 1 is 1.41 bits per heavy atom. The van der Waals surface area contributed by atoms with E-state index in [1.54, 1.807) is 12.1 Å². The van der Waals surface area contributed by atoms with Gasteiger partial charge in [0, 0.05) is 12.0 Å². The van der Waals surface area contributed by atoms with Gasteiger partial charge in [-0.2, -0.15) is 0 Å². The van der Waals surface area contributed by atoms with Crippen LogP contribution in [0.4, 0.5) is 0 Å². The molecule has 1 unspecified atom stereocenters. The van der Waals surface area contributed by atoms with Gasteiger partial charge in [-0.05, 0) is 24.6 Å². The van der Waals surface area contributed by atoms with Crippen LogP contribution in [0.5, 0.6) is 11.5 Å². The van der Waals surface area contributed by atoms with Gasteiger partial charge in [-0.1, -0.05) is 0 Å². The van der Waals surface area contributed by atoms with Crippen molar-refractivity contribution in [3.05, 3.63) is 23.8 Å². The standard InChI is InChI=1S/C12H13NO4/c1-17-7-2-4-10(14)9(6-7)8-3-5-11(15)13-12(8)16/h2,4,6,8,14H,3,5H2,1H3,(H,13,15,16). The highest BCUT2D eigenvalue weighted by Crippen LogP contribution is 2.33. The van der Waals surface area contributed by atoms with Gasteiger partial charge in [-0.15, -0.1) is 0 Å².